The highest BCUT2D eigenvalue weighted by Gasteiger charge is 2.29. The van der Waals surface area contributed by atoms with E-state index in [4.69, 9.17) is 0 Å². The number of hydroxylamine groups is 8. The summed E-state index contributed by atoms with van der Waals surface area (Å²) in [6.07, 6.45) is 39.4. The molecule has 76 heavy (non-hydrogen) atoms. The molecular weight excluding hydrogens is 969 g/mol. The molecule has 0 aromatic carbocycles. The highest BCUT2D eigenvalue weighted by atomic mass is 16.5. The van der Waals surface area contributed by atoms with Gasteiger partial charge in [-0.15, -0.1) is 0 Å². The average molecular weight is 1030 g/mol. The van der Waals surface area contributed by atoms with Gasteiger partial charge in [0.1, 0.15) is 22.8 Å². The fourth-order valence-corrected chi connectivity index (χ4v) is 9.62. The molecule has 392 valence electrons. The summed E-state index contributed by atoms with van der Waals surface area (Å²) in [5, 5.41) is 57.2. The zero-order valence-corrected chi connectivity index (χ0v) is 43.0. The third-order valence-electron chi connectivity index (χ3n) is 13.8. The monoisotopic (exact) mass is 1030 g/mol. The third-order valence-corrected chi connectivity index (χ3v) is 13.8. The predicted octanol–water partition coefficient (Wildman–Crippen LogP) is 8.08. The first-order valence-electron chi connectivity index (χ1n) is 25.1. The van der Waals surface area contributed by atoms with Gasteiger partial charge in [0.2, 0.25) is 24.8 Å². The van der Waals surface area contributed by atoms with Gasteiger partial charge in [-0.25, -0.2) is 0 Å². The van der Waals surface area contributed by atoms with E-state index in [1.54, 1.807) is 72.9 Å². The fourth-order valence-electron chi connectivity index (χ4n) is 9.62. The summed E-state index contributed by atoms with van der Waals surface area (Å²) >= 11 is 0. The van der Waals surface area contributed by atoms with Crippen molar-refractivity contribution in [3.63, 3.8) is 0 Å². The van der Waals surface area contributed by atoms with Gasteiger partial charge in [0.15, 0.2) is 0 Å². The average Bonchev–Trinajstić information content (AvgIpc) is 3.36. The molecule has 0 N–H and O–H groups in total. The van der Waals surface area contributed by atoms with Crippen LogP contribution >= 0.6 is 0 Å². The minimum Gasteiger partial charge on any atom is -0.754 e. The van der Waals surface area contributed by atoms with Crippen molar-refractivity contribution in [2.75, 3.05) is 78.5 Å². The molecule has 0 bridgehead atoms. The SMILES string of the molecule is CC1=C[N+](=O)C(=C2C=CC(CN3CCN(CC4=CN([O-])C(=C5C=CC(C)=C[N+]5=O)C=C4)CCN(CC4=CN([O-])C(=C5C=CC(C)=C[N+]5=O)C=C4)CCN(CC4=CN([O-])C(=C5C=CC(C)=C[N+]5=O)C=C4)CC3)=CN2[O-])C=C1. The molecule has 0 saturated carbocycles. The largest absolute Gasteiger partial charge is 0.754 e. The maximum absolute atomic E-state index is 13.6. The molecule has 9 heterocycles. The van der Waals surface area contributed by atoms with E-state index in [1.807, 2.05) is 52.0 Å². The lowest BCUT2D eigenvalue weighted by Crippen LogP contribution is -2.47. The maximum Gasteiger partial charge on any atom is 0.285 e. The van der Waals surface area contributed by atoms with E-state index in [0.717, 1.165) is 64.8 Å². The Morgan fingerprint density at radius 2 is 0.513 bits per heavy atom. The van der Waals surface area contributed by atoms with E-state index in [1.165, 1.54) is 49.6 Å². The molecule has 20 heteroatoms. The first-order valence-corrected chi connectivity index (χ1v) is 25.1. The minimum atomic E-state index is 0.223. The van der Waals surface area contributed by atoms with Crippen molar-refractivity contribution < 1.29 is 19.0 Å². The highest BCUT2D eigenvalue weighted by Crippen LogP contribution is 2.29. The summed E-state index contributed by atoms with van der Waals surface area (Å²) in [5.41, 5.74) is 7.85. The van der Waals surface area contributed by atoms with Gasteiger partial charge in [-0.05, 0) is 123 Å². The summed E-state index contributed by atoms with van der Waals surface area (Å²) in [4.78, 5) is 60.3. The second-order valence-corrected chi connectivity index (χ2v) is 19.8. The molecule has 0 amide bonds. The second kappa shape index (κ2) is 23.3. The normalized spacial score (nSPS) is 26.6. The minimum absolute atomic E-state index is 0.223. The van der Waals surface area contributed by atoms with Crippen molar-refractivity contribution in [1.29, 1.82) is 0 Å². The van der Waals surface area contributed by atoms with Crippen LogP contribution in [0.4, 0.5) is 0 Å². The third kappa shape index (κ3) is 12.8. The number of rotatable bonds is 8. The standard InChI is InChI=1S/C56H60N12O8/c1-41-5-13-49(61(69)29-41)53-17-9-45(37-65(53)73)33-57-21-23-58(34-46-10-18-54(66(74)38-46)50-14-6-42(2)30-62(50)70)25-27-60(36-48-12-20-56(68(76)40-48)52-16-8-44(4)32-64(52)72)28-26-59(24-22-57)35-47-11-19-55(67(75)39-47)51-15-7-43(3)31-63(51)71/h5-20,29-32,37-40H,21-28,33-36H2,1-4H3. The smallest absolute Gasteiger partial charge is 0.285 e. The Labute approximate surface area is 441 Å². The number of allylic oxidation sites excluding steroid dienone is 16. The number of hydrogen-bond acceptors (Lipinski definition) is 16. The first kappa shape index (κ1) is 52.9. The molecule has 0 unspecified atom stereocenters. The van der Waals surface area contributed by atoms with Crippen molar-refractivity contribution in [3.8, 4) is 0 Å². The molecular formula is C56H60N12O8. The van der Waals surface area contributed by atoms with Gasteiger partial charge in [-0.2, -0.15) is 0 Å². The summed E-state index contributed by atoms with van der Waals surface area (Å²) < 4.78 is 2.78. The fraction of sp³-hybridized carbons (Fsp3) is 0.286. The van der Waals surface area contributed by atoms with Crippen LogP contribution in [-0.4, -0.2) is 137 Å². The van der Waals surface area contributed by atoms with Crippen molar-refractivity contribution in [2.24, 2.45) is 0 Å². The molecule has 9 rings (SSSR count). The van der Waals surface area contributed by atoms with Crippen LogP contribution in [0.2, 0.25) is 0 Å². The van der Waals surface area contributed by atoms with Crippen molar-refractivity contribution in [2.45, 2.75) is 27.7 Å². The van der Waals surface area contributed by atoms with Crippen LogP contribution < -0.4 is 0 Å². The highest BCUT2D eigenvalue weighted by molar-refractivity contribution is 5.45. The van der Waals surface area contributed by atoms with E-state index in [9.17, 15) is 40.5 Å². The van der Waals surface area contributed by atoms with Gasteiger partial charge in [0.05, 0.1) is 19.0 Å². The molecule has 0 aliphatic carbocycles. The van der Waals surface area contributed by atoms with E-state index in [2.05, 4.69) is 19.6 Å². The van der Waals surface area contributed by atoms with E-state index in [0.29, 0.717) is 97.6 Å². The lowest BCUT2D eigenvalue weighted by atomic mass is 10.1. The summed E-state index contributed by atoms with van der Waals surface area (Å²) in [7, 11) is 0. The number of nitroso groups, excluding NO2 is 4. The van der Waals surface area contributed by atoms with Crippen LogP contribution in [0.15, 0.2) is 237 Å². The maximum atomic E-state index is 13.6. The molecule has 0 spiro atoms. The molecule has 20 nitrogen and oxygen atoms in total. The lowest BCUT2D eigenvalue weighted by molar-refractivity contribution is -0.422. The molecule has 1 fully saturated rings. The Morgan fingerprint density at radius 1 is 0.316 bits per heavy atom. The van der Waals surface area contributed by atoms with Gasteiger partial charge in [-0.3, -0.25) is 19.6 Å². The van der Waals surface area contributed by atoms with Crippen molar-refractivity contribution in [3.05, 3.63) is 277 Å². The molecule has 0 aromatic heterocycles. The lowest BCUT2D eigenvalue weighted by Gasteiger charge is -2.37. The number of hydrogen-bond donors (Lipinski definition) is 0. The molecule has 0 aromatic rings. The Morgan fingerprint density at radius 3 is 0.684 bits per heavy atom. The van der Waals surface area contributed by atoms with Crippen LogP contribution in [-0.2, 0) is 0 Å². The van der Waals surface area contributed by atoms with Gasteiger partial charge in [-0.1, -0.05) is 24.3 Å². The van der Waals surface area contributed by atoms with Gasteiger partial charge < -0.3 is 41.1 Å². The van der Waals surface area contributed by atoms with Crippen molar-refractivity contribution >= 4 is 0 Å². The first-order chi connectivity index (χ1) is 36.5. The van der Waals surface area contributed by atoms with Gasteiger partial charge in [0, 0.05) is 145 Å². The number of nitrogens with zero attached hydrogens (tertiary/aromatic N) is 12. The summed E-state index contributed by atoms with van der Waals surface area (Å²) in [5.74, 6) is 0. The zero-order valence-electron chi connectivity index (χ0n) is 43.0. The summed E-state index contributed by atoms with van der Waals surface area (Å²) in [6, 6.07) is 0. The molecule has 9 aliphatic rings. The van der Waals surface area contributed by atoms with Crippen LogP contribution in [0.25, 0.3) is 0 Å². The Hall–Kier alpha value is -7.92. The summed E-state index contributed by atoms with van der Waals surface area (Å²) in [6.45, 7) is 13.1. The zero-order chi connectivity index (χ0) is 53.6. The topological polar surface area (TPSA) is 198 Å². The second-order valence-electron chi connectivity index (χ2n) is 19.8. The Kier molecular flexibility index (Phi) is 16.2. The van der Waals surface area contributed by atoms with E-state index < -0.39 is 0 Å². The molecule has 0 atom stereocenters. The molecule has 1 saturated heterocycles. The quantitative estimate of drug-likeness (QED) is 0.211. The van der Waals surface area contributed by atoms with Crippen LogP contribution in [0.5, 0.6) is 0 Å². The van der Waals surface area contributed by atoms with Crippen molar-refractivity contribution in [1.82, 2.24) is 39.9 Å². The Balaban J connectivity index is 0.987. The van der Waals surface area contributed by atoms with E-state index >= 15 is 0 Å². The van der Waals surface area contributed by atoms with Crippen LogP contribution in [0, 0.1) is 40.5 Å². The molecule has 0 radical (unpaired) electrons. The van der Waals surface area contributed by atoms with Gasteiger partial charge in [0.25, 0.3) is 22.8 Å². The van der Waals surface area contributed by atoms with Crippen LogP contribution in [0.3, 0.4) is 0 Å². The van der Waals surface area contributed by atoms with Crippen LogP contribution in [0.1, 0.15) is 27.7 Å². The Bertz CT molecular complexity index is 2730. The molecule has 9 aliphatic heterocycles. The predicted molar refractivity (Wildman–Crippen MR) is 290 cm³/mol. The van der Waals surface area contributed by atoms with Gasteiger partial charge >= 0.3 is 0 Å². The van der Waals surface area contributed by atoms with E-state index in [-0.39, 0.29) is 45.6 Å².